The van der Waals surface area contributed by atoms with Gasteiger partial charge in [0.05, 0.1) is 4.92 Å². The molecule has 7 heteroatoms. The van der Waals surface area contributed by atoms with Crippen LogP contribution in [0.5, 0.6) is 17.4 Å². The van der Waals surface area contributed by atoms with Gasteiger partial charge in [0, 0.05) is 22.8 Å². The summed E-state index contributed by atoms with van der Waals surface area (Å²) in [7, 11) is 0. The number of halogens is 1. The molecule has 0 aliphatic rings. The maximum Gasteiger partial charge on any atom is 0.332 e. The van der Waals surface area contributed by atoms with E-state index in [0.29, 0.717) is 22.6 Å². The Morgan fingerprint density at radius 3 is 2.56 bits per heavy atom. The minimum absolute atomic E-state index is 0.0755. The molecule has 0 amide bonds. The first-order valence-electron chi connectivity index (χ1n) is 7.36. The Balaban J connectivity index is 1.75. The van der Waals surface area contributed by atoms with Crippen LogP contribution >= 0.6 is 15.9 Å². The molecule has 3 rings (SSSR count). The fourth-order valence-electron chi connectivity index (χ4n) is 2.11. The molecule has 2 aromatic carbocycles. The smallest absolute Gasteiger partial charge is 0.332 e. The molecule has 0 N–H and O–H groups in total. The highest BCUT2D eigenvalue weighted by Crippen LogP contribution is 2.32. The number of hydrogen-bond donors (Lipinski definition) is 0. The van der Waals surface area contributed by atoms with Crippen LogP contribution < -0.4 is 9.47 Å². The van der Waals surface area contributed by atoms with Gasteiger partial charge in [0.25, 0.3) is 5.88 Å². The van der Waals surface area contributed by atoms with Crippen LogP contribution in [-0.2, 0) is 6.61 Å². The van der Waals surface area contributed by atoms with Crippen LogP contribution in [0.4, 0.5) is 5.69 Å². The van der Waals surface area contributed by atoms with Gasteiger partial charge in [0.1, 0.15) is 18.1 Å². The van der Waals surface area contributed by atoms with Crippen LogP contribution in [0.25, 0.3) is 0 Å². The quantitative estimate of drug-likeness (QED) is 0.423. The van der Waals surface area contributed by atoms with Gasteiger partial charge in [0.2, 0.25) is 0 Å². The summed E-state index contributed by atoms with van der Waals surface area (Å²) in [5.41, 5.74) is 0.823. The highest BCUT2D eigenvalue weighted by atomic mass is 79.9. The molecule has 25 heavy (non-hydrogen) atoms. The number of hydrogen-bond acceptors (Lipinski definition) is 5. The predicted molar refractivity (Wildman–Crippen MR) is 95.9 cm³/mol. The zero-order valence-electron chi connectivity index (χ0n) is 13.0. The van der Waals surface area contributed by atoms with E-state index < -0.39 is 4.92 Å². The van der Waals surface area contributed by atoms with Gasteiger partial charge in [-0.2, -0.15) is 0 Å². The molecule has 0 unspecified atom stereocenters. The number of benzene rings is 2. The molecule has 0 saturated carbocycles. The van der Waals surface area contributed by atoms with Gasteiger partial charge in [-0.05, 0) is 33.6 Å². The third kappa shape index (κ3) is 4.54. The van der Waals surface area contributed by atoms with E-state index >= 15 is 0 Å². The van der Waals surface area contributed by atoms with Crippen LogP contribution in [0, 0.1) is 10.1 Å². The number of aromatic nitrogens is 1. The van der Waals surface area contributed by atoms with Crippen LogP contribution in [-0.4, -0.2) is 9.91 Å². The highest BCUT2D eigenvalue weighted by Gasteiger charge is 2.18. The minimum atomic E-state index is -0.539. The molecule has 3 aromatic rings. The second-order valence-electron chi connectivity index (χ2n) is 5.09. The van der Waals surface area contributed by atoms with E-state index in [2.05, 4.69) is 20.9 Å². The lowest BCUT2D eigenvalue weighted by molar-refractivity contribution is -0.386. The summed E-state index contributed by atoms with van der Waals surface area (Å²) in [5.74, 6) is 0.929. The largest absolute Gasteiger partial charge is 0.489 e. The van der Waals surface area contributed by atoms with Crippen LogP contribution in [0.1, 0.15) is 5.56 Å². The molecule has 0 fully saturated rings. The van der Waals surface area contributed by atoms with Crippen molar-refractivity contribution < 1.29 is 14.4 Å². The van der Waals surface area contributed by atoms with Gasteiger partial charge >= 0.3 is 5.69 Å². The Bertz CT molecular complexity index is 887. The molecule has 0 bridgehead atoms. The second kappa shape index (κ2) is 7.76. The molecular weight excluding hydrogens is 388 g/mol. The van der Waals surface area contributed by atoms with Crippen LogP contribution in [0.15, 0.2) is 71.3 Å². The first kappa shape index (κ1) is 16.9. The molecular formula is C18H13BrN2O4. The lowest BCUT2D eigenvalue weighted by Crippen LogP contribution is -1.97. The van der Waals surface area contributed by atoms with Crippen molar-refractivity contribution in [2.75, 3.05) is 0 Å². The maximum absolute atomic E-state index is 11.1. The van der Waals surface area contributed by atoms with E-state index in [1.807, 2.05) is 30.3 Å². The summed E-state index contributed by atoms with van der Waals surface area (Å²) >= 11 is 3.16. The Morgan fingerprint density at radius 2 is 1.80 bits per heavy atom. The average molecular weight is 401 g/mol. The standard InChI is InChI=1S/C18H13BrN2O4/c19-14-9-17(21(22)23)18(20-11-14)25-16-8-4-7-15(10-16)24-12-13-5-2-1-3-6-13/h1-11H,12H2. The SMILES string of the molecule is O=[N+]([O-])c1cc(Br)cnc1Oc1cccc(OCc2ccccc2)c1. The van der Waals surface area contributed by atoms with E-state index in [-0.39, 0.29) is 11.6 Å². The third-order valence-electron chi connectivity index (χ3n) is 3.26. The van der Waals surface area contributed by atoms with E-state index in [1.165, 1.54) is 12.3 Å². The topological polar surface area (TPSA) is 74.5 Å². The number of rotatable bonds is 6. The van der Waals surface area contributed by atoms with Gasteiger partial charge < -0.3 is 9.47 Å². The first-order chi connectivity index (χ1) is 12.1. The minimum Gasteiger partial charge on any atom is -0.489 e. The van der Waals surface area contributed by atoms with Crippen molar-refractivity contribution in [2.24, 2.45) is 0 Å². The van der Waals surface area contributed by atoms with Gasteiger partial charge in [-0.15, -0.1) is 0 Å². The summed E-state index contributed by atoms with van der Waals surface area (Å²) < 4.78 is 11.8. The van der Waals surface area contributed by atoms with E-state index in [0.717, 1.165) is 5.56 Å². The van der Waals surface area contributed by atoms with Crippen molar-refractivity contribution in [1.29, 1.82) is 0 Å². The van der Waals surface area contributed by atoms with E-state index in [1.54, 1.807) is 24.3 Å². The average Bonchev–Trinajstić information content (AvgIpc) is 2.62. The molecule has 0 saturated heterocycles. The molecule has 0 aliphatic carbocycles. The molecule has 0 radical (unpaired) electrons. The summed E-state index contributed by atoms with van der Waals surface area (Å²) in [6.45, 7) is 0.418. The van der Waals surface area contributed by atoms with Crippen LogP contribution in [0.2, 0.25) is 0 Å². The lowest BCUT2D eigenvalue weighted by atomic mass is 10.2. The zero-order chi connectivity index (χ0) is 17.6. The fraction of sp³-hybridized carbons (Fsp3) is 0.0556. The fourth-order valence-corrected chi connectivity index (χ4v) is 2.42. The molecule has 1 aromatic heterocycles. The van der Waals surface area contributed by atoms with Gasteiger partial charge in [-0.1, -0.05) is 36.4 Å². The number of nitrogens with zero attached hydrogens (tertiary/aromatic N) is 2. The molecule has 0 aliphatic heterocycles. The van der Waals surface area contributed by atoms with Crippen molar-refractivity contribution in [2.45, 2.75) is 6.61 Å². The zero-order valence-corrected chi connectivity index (χ0v) is 14.5. The second-order valence-corrected chi connectivity index (χ2v) is 6.00. The molecule has 0 spiro atoms. The molecule has 6 nitrogen and oxygen atoms in total. The third-order valence-corrected chi connectivity index (χ3v) is 3.70. The first-order valence-corrected chi connectivity index (χ1v) is 8.16. The Hall–Kier alpha value is -2.93. The summed E-state index contributed by atoms with van der Waals surface area (Å²) in [6.07, 6.45) is 1.44. The normalized spacial score (nSPS) is 10.3. The molecule has 1 heterocycles. The van der Waals surface area contributed by atoms with Crippen LogP contribution in [0.3, 0.4) is 0 Å². The van der Waals surface area contributed by atoms with Gasteiger partial charge in [-0.25, -0.2) is 4.98 Å². The van der Waals surface area contributed by atoms with Crippen molar-refractivity contribution >= 4 is 21.6 Å². The van der Waals surface area contributed by atoms with Crippen molar-refractivity contribution in [3.63, 3.8) is 0 Å². The van der Waals surface area contributed by atoms with E-state index in [9.17, 15) is 10.1 Å². The van der Waals surface area contributed by atoms with Gasteiger partial charge in [0.15, 0.2) is 0 Å². The van der Waals surface area contributed by atoms with Crippen molar-refractivity contribution in [3.05, 3.63) is 87.0 Å². The number of ether oxygens (including phenoxy) is 2. The van der Waals surface area contributed by atoms with Crippen molar-refractivity contribution in [1.82, 2.24) is 4.98 Å². The highest BCUT2D eigenvalue weighted by molar-refractivity contribution is 9.10. The summed E-state index contributed by atoms with van der Waals surface area (Å²) in [5, 5.41) is 11.1. The Labute approximate surface area is 152 Å². The maximum atomic E-state index is 11.1. The monoisotopic (exact) mass is 400 g/mol. The molecule has 126 valence electrons. The lowest BCUT2D eigenvalue weighted by Gasteiger charge is -2.09. The summed E-state index contributed by atoms with van der Waals surface area (Å²) in [6, 6.07) is 18.0. The predicted octanol–water partition coefficient (Wildman–Crippen LogP) is 5.12. The Kier molecular flexibility index (Phi) is 5.25. The number of pyridine rings is 1. The van der Waals surface area contributed by atoms with E-state index in [4.69, 9.17) is 9.47 Å². The Morgan fingerprint density at radius 1 is 1.04 bits per heavy atom. The summed E-state index contributed by atoms with van der Waals surface area (Å²) in [4.78, 5) is 14.6. The van der Waals surface area contributed by atoms with Crippen molar-refractivity contribution in [3.8, 4) is 17.4 Å². The van der Waals surface area contributed by atoms with Gasteiger partial charge in [-0.3, -0.25) is 10.1 Å². The number of nitro groups is 1. The molecule has 0 atom stereocenters.